The van der Waals surface area contributed by atoms with Crippen molar-refractivity contribution >= 4 is 17.5 Å². The fraction of sp³-hybridized carbons (Fsp3) is 0.222. The van der Waals surface area contributed by atoms with E-state index in [1.165, 1.54) is 17.3 Å². The Morgan fingerprint density at radius 1 is 1.04 bits per heavy atom. The minimum Gasteiger partial charge on any atom is -0.293 e. The number of benzene rings is 2. The van der Waals surface area contributed by atoms with Gasteiger partial charge in [0.1, 0.15) is 0 Å². The summed E-state index contributed by atoms with van der Waals surface area (Å²) in [6.45, 7) is 6.05. The maximum absolute atomic E-state index is 12.4. The van der Waals surface area contributed by atoms with E-state index in [-0.39, 0.29) is 5.78 Å². The summed E-state index contributed by atoms with van der Waals surface area (Å²) in [7, 11) is 0. The summed E-state index contributed by atoms with van der Waals surface area (Å²) < 4.78 is 1.67. The SMILES string of the molecule is Cc1ccc(C(=O)CSc2nnnn2-c2ccccc2C)cc1C. The highest BCUT2D eigenvalue weighted by atomic mass is 32.2. The number of ketones is 1. The van der Waals surface area contributed by atoms with E-state index in [0.29, 0.717) is 10.9 Å². The Kier molecular flexibility index (Phi) is 4.76. The molecule has 0 amide bonds. The van der Waals surface area contributed by atoms with Crippen molar-refractivity contribution in [1.82, 2.24) is 20.2 Å². The van der Waals surface area contributed by atoms with E-state index in [1.807, 2.05) is 63.2 Å². The van der Waals surface area contributed by atoms with Crippen LogP contribution in [0.2, 0.25) is 0 Å². The zero-order valence-electron chi connectivity index (χ0n) is 13.9. The standard InChI is InChI=1S/C18H18N4OS/c1-12-8-9-15(10-14(12)3)17(23)11-24-18-19-20-21-22(18)16-7-5-4-6-13(16)2/h4-10H,11H2,1-3H3. The van der Waals surface area contributed by atoms with Crippen molar-refractivity contribution in [1.29, 1.82) is 0 Å². The van der Waals surface area contributed by atoms with Gasteiger partial charge in [-0.3, -0.25) is 4.79 Å². The number of rotatable bonds is 5. The van der Waals surface area contributed by atoms with Gasteiger partial charge in [0.05, 0.1) is 11.4 Å². The van der Waals surface area contributed by atoms with Crippen LogP contribution in [0.15, 0.2) is 47.6 Å². The van der Waals surface area contributed by atoms with Crippen LogP contribution in [0.5, 0.6) is 0 Å². The molecule has 0 aliphatic rings. The number of aryl methyl sites for hydroxylation is 3. The number of thioether (sulfide) groups is 1. The van der Waals surface area contributed by atoms with Gasteiger partial charge in [-0.05, 0) is 60.0 Å². The molecule has 0 fully saturated rings. The normalized spacial score (nSPS) is 10.8. The van der Waals surface area contributed by atoms with E-state index in [9.17, 15) is 4.79 Å². The first kappa shape index (κ1) is 16.4. The highest BCUT2D eigenvalue weighted by molar-refractivity contribution is 7.99. The van der Waals surface area contributed by atoms with Crippen LogP contribution < -0.4 is 0 Å². The number of carbonyl (C=O) groups is 1. The van der Waals surface area contributed by atoms with Gasteiger partial charge in [0, 0.05) is 5.56 Å². The molecule has 0 unspecified atom stereocenters. The molecule has 0 N–H and O–H groups in total. The number of nitrogens with zero attached hydrogens (tertiary/aromatic N) is 4. The zero-order valence-corrected chi connectivity index (χ0v) is 14.7. The van der Waals surface area contributed by atoms with Crippen molar-refractivity contribution in [3.63, 3.8) is 0 Å². The predicted molar refractivity (Wildman–Crippen MR) is 94.9 cm³/mol. The predicted octanol–water partition coefficient (Wildman–Crippen LogP) is 3.56. The molecule has 0 aliphatic carbocycles. The number of carbonyl (C=O) groups excluding carboxylic acids is 1. The van der Waals surface area contributed by atoms with Gasteiger partial charge in [0.25, 0.3) is 0 Å². The van der Waals surface area contributed by atoms with E-state index in [0.717, 1.165) is 22.4 Å². The van der Waals surface area contributed by atoms with Gasteiger partial charge in [0.15, 0.2) is 5.78 Å². The van der Waals surface area contributed by atoms with Crippen LogP contribution in [0.1, 0.15) is 27.0 Å². The molecule has 6 heteroatoms. The van der Waals surface area contributed by atoms with Gasteiger partial charge in [-0.15, -0.1) is 5.10 Å². The van der Waals surface area contributed by atoms with Gasteiger partial charge in [-0.25, -0.2) is 0 Å². The smallest absolute Gasteiger partial charge is 0.214 e. The Balaban J connectivity index is 1.76. The van der Waals surface area contributed by atoms with Crippen molar-refractivity contribution < 1.29 is 4.79 Å². The molecule has 2 aromatic carbocycles. The van der Waals surface area contributed by atoms with Crippen molar-refractivity contribution in [2.45, 2.75) is 25.9 Å². The number of hydrogen-bond donors (Lipinski definition) is 0. The average Bonchev–Trinajstić information content (AvgIpc) is 3.04. The Morgan fingerprint density at radius 3 is 2.58 bits per heavy atom. The van der Waals surface area contributed by atoms with E-state index < -0.39 is 0 Å². The zero-order chi connectivity index (χ0) is 17.1. The Labute approximate surface area is 145 Å². The summed E-state index contributed by atoms with van der Waals surface area (Å²) in [6, 6.07) is 13.7. The Morgan fingerprint density at radius 2 is 1.83 bits per heavy atom. The molecule has 0 aliphatic heterocycles. The van der Waals surface area contributed by atoms with E-state index >= 15 is 0 Å². The monoisotopic (exact) mass is 338 g/mol. The summed E-state index contributed by atoms with van der Waals surface area (Å²) >= 11 is 1.35. The van der Waals surface area contributed by atoms with Crippen molar-refractivity contribution in [3.05, 3.63) is 64.7 Å². The first-order valence-corrected chi connectivity index (χ1v) is 8.62. The van der Waals surface area contributed by atoms with Crippen LogP contribution in [-0.2, 0) is 0 Å². The summed E-state index contributed by atoms with van der Waals surface area (Å²) in [5.41, 5.74) is 5.02. The van der Waals surface area contributed by atoms with Crippen molar-refractivity contribution in [2.24, 2.45) is 0 Å². The van der Waals surface area contributed by atoms with Gasteiger partial charge in [-0.2, -0.15) is 4.68 Å². The number of Topliss-reactive ketones (excluding diaryl/α,β-unsaturated/α-hetero) is 1. The molecule has 1 aromatic heterocycles. The second-order valence-corrected chi connectivity index (χ2v) is 6.61. The van der Waals surface area contributed by atoms with Crippen molar-refractivity contribution in [3.8, 4) is 5.69 Å². The van der Waals surface area contributed by atoms with Crippen LogP contribution in [-0.4, -0.2) is 31.7 Å². The molecule has 1 heterocycles. The second kappa shape index (κ2) is 6.97. The minimum absolute atomic E-state index is 0.0717. The first-order valence-electron chi connectivity index (χ1n) is 7.64. The average molecular weight is 338 g/mol. The highest BCUT2D eigenvalue weighted by Crippen LogP contribution is 2.21. The minimum atomic E-state index is 0.0717. The molecule has 0 bridgehead atoms. The maximum Gasteiger partial charge on any atom is 0.214 e. The molecule has 0 radical (unpaired) electrons. The highest BCUT2D eigenvalue weighted by Gasteiger charge is 2.14. The van der Waals surface area contributed by atoms with Gasteiger partial charge >= 0.3 is 0 Å². The van der Waals surface area contributed by atoms with E-state index in [1.54, 1.807) is 4.68 Å². The van der Waals surface area contributed by atoms with E-state index in [2.05, 4.69) is 15.5 Å². The first-order chi connectivity index (χ1) is 11.6. The molecule has 24 heavy (non-hydrogen) atoms. The molecular weight excluding hydrogens is 320 g/mol. The van der Waals surface area contributed by atoms with Crippen LogP contribution in [0, 0.1) is 20.8 Å². The molecule has 0 saturated carbocycles. The molecule has 0 atom stereocenters. The lowest BCUT2D eigenvalue weighted by Crippen LogP contribution is -2.06. The van der Waals surface area contributed by atoms with Gasteiger partial charge in [0.2, 0.25) is 5.16 Å². The Bertz CT molecular complexity index is 888. The Hall–Kier alpha value is -2.47. The summed E-state index contributed by atoms with van der Waals surface area (Å²) in [4.78, 5) is 12.4. The summed E-state index contributed by atoms with van der Waals surface area (Å²) in [5.74, 6) is 0.372. The molecule has 3 aromatic rings. The lowest BCUT2D eigenvalue weighted by molar-refractivity contribution is 0.102. The van der Waals surface area contributed by atoms with Gasteiger partial charge in [-0.1, -0.05) is 42.1 Å². The van der Waals surface area contributed by atoms with Crippen LogP contribution in [0.3, 0.4) is 0 Å². The molecule has 0 saturated heterocycles. The number of para-hydroxylation sites is 1. The topological polar surface area (TPSA) is 60.7 Å². The molecule has 5 nitrogen and oxygen atoms in total. The number of hydrogen-bond acceptors (Lipinski definition) is 5. The van der Waals surface area contributed by atoms with Crippen molar-refractivity contribution in [2.75, 3.05) is 5.75 Å². The molecule has 0 spiro atoms. The molecule has 122 valence electrons. The number of aromatic nitrogens is 4. The third kappa shape index (κ3) is 3.38. The largest absolute Gasteiger partial charge is 0.293 e. The fourth-order valence-corrected chi connectivity index (χ4v) is 3.13. The summed E-state index contributed by atoms with van der Waals surface area (Å²) in [5, 5.41) is 12.5. The second-order valence-electron chi connectivity index (χ2n) is 5.67. The summed E-state index contributed by atoms with van der Waals surface area (Å²) in [6.07, 6.45) is 0. The van der Waals surface area contributed by atoms with Gasteiger partial charge < -0.3 is 0 Å². The third-order valence-corrected chi connectivity index (χ3v) is 4.87. The third-order valence-electron chi connectivity index (χ3n) is 3.95. The lowest BCUT2D eigenvalue weighted by atomic mass is 10.0. The fourth-order valence-electron chi connectivity index (χ4n) is 2.35. The quantitative estimate of drug-likeness (QED) is 0.526. The van der Waals surface area contributed by atoms with Crippen LogP contribution in [0.25, 0.3) is 5.69 Å². The lowest BCUT2D eigenvalue weighted by Gasteiger charge is -2.07. The maximum atomic E-state index is 12.4. The molecule has 3 rings (SSSR count). The van der Waals surface area contributed by atoms with E-state index in [4.69, 9.17) is 0 Å². The molecular formula is C18H18N4OS. The number of tetrazole rings is 1. The van der Waals surface area contributed by atoms with Crippen LogP contribution >= 0.6 is 11.8 Å². The van der Waals surface area contributed by atoms with Crippen LogP contribution in [0.4, 0.5) is 0 Å².